The third-order valence-electron chi connectivity index (χ3n) is 3.57. The number of hydrogen-bond acceptors (Lipinski definition) is 2. The minimum absolute atomic E-state index is 0.0135. The van der Waals surface area contributed by atoms with E-state index < -0.39 is 0 Å². The maximum atomic E-state index is 12.4. The first-order chi connectivity index (χ1) is 10.0. The van der Waals surface area contributed by atoms with Gasteiger partial charge in [-0.05, 0) is 49.6 Å². The number of thioether (sulfide) groups is 1. The molecule has 3 rings (SSSR count). The van der Waals surface area contributed by atoms with Crippen LogP contribution in [0.2, 0.25) is 5.02 Å². The van der Waals surface area contributed by atoms with Gasteiger partial charge < -0.3 is 5.32 Å². The van der Waals surface area contributed by atoms with Gasteiger partial charge in [0.1, 0.15) is 0 Å². The van der Waals surface area contributed by atoms with Gasteiger partial charge >= 0.3 is 0 Å². The number of fused-ring (bicyclic) bond motifs is 1. The van der Waals surface area contributed by atoms with Crippen molar-refractivity contribution in [3.63, 3.8) is 0 Å². The lowest BCUT2D eigenvalue weighted by atomic mass is 10.1. The average Bonchev–Trinajstić information content (AvgIpc) is 2.85. The fourth-order valence-electron chi connectivity index (χ4n) is 2.42. The predicted octanol–water partition coefficient (Wildman–Crippen LogP) is 4.61. The maximum absolute atomic E-state index is 12.4. The molecule has 0 spiro atoms. The Morgan fingerprint density at radius 2 is 1.90 bits per heavy atom. The van der Waals surface area contributed by atoms with E-state index in [-0.39, 0.29) is 11.2 Å². The quantitative estimate of drug-likeness (QED) is 0.876. The molecule has 108 valence electrons. The molecule has 0 radical (unpaired) electrons. The second kappa shape index (κ2) is 5.74. The molecule has 2 aromatic carbocycles. The van der Waals surface area contributed by atoms with Crippen LogP contribution in [-0.2, 0) is 11.2 Å². The van der Waals surface area contributed by atoms with Crippen molar-refractivity contribution in [1.29, 1.82) is 0 Å². The Bertz CT molecular complexity index is 714. The highest BCUT2D eigenvalue weighted by Crippen LogP contribution is 2.38. The van der Waals surface area contributed by atoms with Crippen LogP contribution in [-0.4, -0.2) is 11.2 Å². The summed E-state index contributed by atoms with van der Waals surface area (Å²) in [6.45, 7) is 4.05. The van der Waals surface area contributed by atoms with Gasteiger partial charge in [-0.3, -0.25) is 4.79 Å². The molecule has 1 N–H and O–H groups in total. The summed E-state index contributed by atoms with van der Waals surface area (Å²) >= 11 is 7.80. The molecule has 0 aliphatic carbocycles. The van der Waals surface area contributed by atoms with Gasteiger partial charge in [-0.1, -0.05) is 35.4 Å². The summed E-state index contributed by atoms with van der Waals surface area (Å²) in [6, 6.07) is 12.0. The lowest BCUT2D eigenvalue weighted by Crippen LogP contribution is -2.24. The summed E-state index contributed by atoms with van der Waals surface area (Å²) in [5, 5.41) is 3.44. The molecular formula is C17H16ClNOS. The minimum Gasteiger partial charge on any atom is -0.324 e. The average molecular weight is 318 g/mol. The maximum Gasteiger partial charge on any atom is 0.238 e. The van der Waals surface area contributed by atoms with Crippen LogP contribution >= 0.6 is 23.4 Å². The van der Waals surface area contributed by atoms with Gasteiger partial charge in [0.25, 0.3) is 0 Å². The zero-order chi connectivity index (χ0) is 15.0. The summed E-state index contributed by atoms with van der Waals surface area (Å²) in [5.41, 5.74) is 4.24. The molecule has 1 amide bonds. The molecule has 1 aliphatic rings. The number of carbonyl (C=O) groups excluding carboxylic acids is 1. The Kier molecular flexibility index (Phi) is 3.96. The van der Waals surface area contributed by atoms with E-state index in [0.29, 0.717) is 10.7 Å². The van der Waals surface area contributed by atoms with E-state index >= 15 is 0 Å². The minimum atomic E-state index is -0.0841. The van der Waals surface area contributed by atoms with E-state index in [2.05, 4.69) is 30.4 Å². The smallest absolute Gasteiger partial charge is 0.238 e. The number of rotatable bonds is 2. The summed E-state index contributed by atoms with van der Waals surface area (Å²) in [6.07, 6.45) is 0.773. The molecule has 4 heteroatoms. The highest BCUT2D eigenvalue weighted by molar-refractivity contribution is 8.01. The Morgan fingerprint density at radius 3 is 2.67 bits per heavy atom. The highest BCUT2D eigenvalue weighted by atomic mass is 35.5. The molecule has 1 aliphatic heterocycles. The molecule has 1 atom stereocenters. The fraction of sp³-hybridized carbons (Fsp3) is 0.235. The third-order valence-corrected chi connectivity index (χ3v) is 5.18. The van der Waals surface area contributed by atoms with Crippen molar-refractivity contribution < 1.29 is 4.79 Å². The van der Waals surface area contributed by atoms with Gasteiger partial charge in [0.05, 0.1) is 16.0 Å². The first-order valence-corrected chi connectivity index (χ1v) is 8.12. The van der Waals surface area contributed by atoms with Crippen molar-refractivity contribution >= 4 is 35.0 Å². The molecule has 0 saturated heterocycles. The number of carbonyl (C=O) groups is 1. The molecule has 0 unspecified atom stereocenters. The number of amides is 1. The Morgan fingerprint density at radius 1 is 1.19 bits per heavy atom. The van der Waals surface area contributed by atoms with E-state index in [1.54, 1.807) is 11.8 Å². The molecule has 0 aromatic heterocycles. The van der Waals surface area contributed by atoms with E-state index in [1.165, 1.54) is 16.0 Å². The van der Waals surface area contributed by atoms with Gasteiger partial charge in [0.2, 0.25) is 5.91 Å². The lowest BCUT2D eigenvalue weighted by molar-refractivity contribution is -0.115. The molecule has 2 nitrogen and oxygen atoms in total. The molecule has 1 heterocycles. The summed E-state index contributed by atoms with van der Waals surface area (Å²) in [5.74, 6) is 0.0135. The SMILES string of the molecule is Cc1ccc(NC(=O)[C@@H]2Cc3ccc(C)cc3S2)c(Cl)c1. The van der Waals surface area contributed by atoms with Crippen molar-refractivity contribution in [1.82, 2.24) is 0 Å². The van der Waals surface area contributed by atoms with Crippen molar-refractivity contribution in [3.8, 4) is 0 Å². The molecule has 0 saturated carbocycles. The zero-order valence-corrected chi connectivity index (χ0v) is 13.5. The molecule has 0 bridgehead atoms. The van der Waals surface area contributed by atoms with Crippen LogP contribution in [0.25, 0.3) is 0 Å². The number of nitrogens with one attached hydrogen (secondary N) is 1. The first-order valence-electron chi connectivity index (χ1n) is 6.86. The molecule has 0 fully saturated rings. The van der Waals surface area contributed by atoms with Gasteiger partial charge in [0, 0.05) is 4.90 Å². The summed E-state index contributed by atoms with van der Waals surface area (Å²) in [4.78, 5) is 13.6. The highest BCUT2D eigenvalue weighted by Gasteiger charge is 2.28. The van der Waals surface area contributed by atoms with Crippen LogP contribution in [0.1, 0.15) is 16.7 Å². The standard InChI is InChI=1S/C17H16ClNOS/c1-10-4-6-14(13(18)7-10)19-17(20)16-9-12-5-3-11(2)8-15(12)21-16/h3-8,16H,9H2,1-2H3,(H,19,20)/t16-/m0/s1. The van der Waals surface area contributed by atoms with Gasteiger partial charge in [0.15, 0.2) is 0 Å². The largest absolute Gasteiger partial charge is 0.324 e. The monoisotopic (exact) mass is 317 g/mol. The van der Waals surface area contributed by atoms with Crippen molar-refractivity contribution in [2.24, 2.45) is 0 Å². The molecule has 2 aromatic rings. The second-order valence-electron chi connectivity index (χ2n) is 5.39. The fourth-order valence-corrected chi connectivity index (χ4v) is 3.99. The van der Waals surface area contributed by atoms with Gasteiger partial charge in [-0.15, -0.1) is 11.8 Å². The molecular weight excluding hydrogens is 302 g/mol. The Balaban J connectivity index is 1.73. The van der Waals surface area contributed by atoms with Crippen molar-refractivity contribution in [2.45, 2.75) is 30.4 Å². The normalized spacial score (nSPS) is 16.6. The van der Waals surface area contributed by atoms with E-state index in [0.717, 1.165) is 12.0 Å². The number of benzene rings is 2. The Labute approximate surface area is 133 Å². The van der Waals surface area contributed by atoms with Crippen molar-refractivity contribution in [2.75, 3.05) is 5.32 Å². The zero-order valence-electron chi connectivity index (χ0n) is 11.9. The van der Waals surface area contributed by atoms with Crippen LogP contribution in [0.5, 0.6) is 0 Å². The predicted molar refractivity (Wildman–Crippen MR) is 89.3 cm³/mol. The second-order valence-corrected chi connectivity index (χ2v) is 7.05. The lowest BCUT2D eigenvalue weighted by Gasteiger charge is -2.11. The van der Waals surface area contributed by atoms with Crippen LogP contribution < -0.4 is 5.32 Å². The van der Waals surface area contributed by atoms with Gasteiger partial charge in [-0.25, -0.2) is 0 Å². The topological polar surface area (TPSA) is 29.1 Å². The Hall–Kier alpha value is -1.45. The number of anilines is 1. The van der Waals surface area contributed by atoms with Crippen LogP contribution in [0.15, 0.2) is 41.3 Å². The van der Waals surface area contributed by atoms with Crippen molar-refractivity contribution in [3.05, 3.63) is 58.1 Å². The van der Waals surface area contributed by atoms with Crippen LogP contribution in [0, 0.1) is 13.8 Å². The first kappa shape index (κ1) is 14.5. The van der Waals surface area contributed by atoms with E-state index in [1.807, 2.05) is 25.1 Å². The number of hydrogen-bond donors (Lipinski definition) is 1. The summed E-state index contributed by atoms with van der Waals surface area (Å²) in [7, 11) is 0. The molecule has 21 heavy (non-hydrogen) atoms. The number of halogens is 1. The van der Waals surface area contributed by atoms with E-state index in [4.69, 9.17) is 11.6 Å². The van der Waals surface area contributed by atoms with Crippen LogP contribution in [0.3, 0.4) is 0 Å². The van der Waals surface area contributed by atoms with Gasteiger partial charge in [-0.2, -0.15) is 0 Å². The third kappa shape index (κ3) is 3.09. The number of aryl methyl sites for hydroxylation is 2. The summed E-state index contributed by atoms with van der Waals surface area (Å²) < 4.78 is 0. The van der Waals surface area contributed by atoms with Crippen LogP contribution in [0.4, 0.5) is 5.69 Å². The van der Waals surface area contributed by atoms with E-state index in [9.17, 15) is 4.79 Å².